The summed E-state index contributed by atoms with van der Waals surface area (Å²) in [5.74, 6) is -0.388. The van der Waals surface area contributed by atoms with Gasteiger partial charge in [-0.15, -0.1) is 0 Å². The minimum atomic E-state index is -0.388. The van der Waals surface area contributed by atoms with Crippen molar-refractivity contribution in [3.05, 3.63) is 28.2 Å². The fraction of sp³-hybridized carbons (Fsp3) is 0.462. The highest BCUT2D eigenvalue weighted by Gasteiger charge is 2.18. The highest BCUT2D eigenvalue weighted by atomic mass is 79.9. The van der Waals surface area contributed by atoms with Gasteiger partial charge in [-0.2, -0.15) is 0 Å². The first kappa shape index (κ1) is 15.0. The number of nitrogen functional groups attached to an aromatic ring is 1. The third-order valence-corrected chi connectivity index (χ3v) is 3.39. The molecule has 0 fully saturated rings. The lowest BCUT2D eigenvalue weighted by atomic mass is 10.1. The molecule has 18 heavy (non-hydrogen) atoms. The van der Waals surface area contributed by atoms with Gasteiger partial charge in [0.1, 0.15) is 0 Å². The Morgan fingerprint density at radius 3 is 2.72 bits per heavy atom. The van der Waals surface area contributed by atoms with E-state index in [2.05, 4.69) is 15.9 Å². The molecule has 1 aromatic carbocycles. The summed E-state index contributed by atoms with van der Waals surface area (Å²) in [6, 6.07) is 5.04. The third-order valence-electron chi connectivity index (χ3n) is 2.70. The molecular weight excluding hydrogens is 298 g/mol. The first-order chi connectivity index (χ1) is 8.35. The maximum Gasteiger partial charge on any atom is 0.339 e. The van der Waals surface area contributed by atoms with E-state index < -0.39 is 0 Å². The Balaban J connectivity index is 2.58. The molecule has 5 heteroatoms. The summed E-state index contributed by atoms with van der Waals surface area (Å²) in [7, 11) is 1.64. The van der Waals surface area contributed by atoms with Gasteiger partial charge in [0.05, 0.1) is 17.8 Å². The van der Waals surface area contributed by atoms with E-state index in [1.165, 1.54) is 0 Å². The molecule has 1 rings (SSSR count). The van der Waals surface area contributed by atoms with E-state index in [4.69, 9.17) is 15.2 Å². The molecule has 0 atom stereocenters. The number of hydrogen-bond acceptors (Lipinski definition) is 4. The summed E-state index contributed by atoms with van der Waals surface area (Å²) >= 11 is 3.30. The SMILES string of the molecule is COC(C)(C)CCOC(=O)c1cc(N)ccc1Br. The van der Waals surface area contributed by atoms with Gasteiger partial charge in [0.2, 0.25) is 0 Å². The highest BCUT2D eigenvalue weighted by Crippen LogP contribution is 2.21. The van der Waals surface area contributed by atoms with Gasteiger partial charge in [-0.1, -0.05) is 0 Å². The smallest absolute Gasteiger partial charge is 0.339 e. The van der Waals surface area contributed by atoms with E-state index in [1.807, 2.05) is 13.8 Å². The molecule has 0 bridgehead atoms. The molecule has 0 aromatic heterocycles. The number of carbonyl (C=O) groups excluding carboxylic acids is 1. The maximum absolute atomic E-state index is 11.8. The van der Waals surface area contributed by atoms with Crippen LogP contribution in [0.3, 0.4) is 0 Å². The topological polar surface area (TPSA) is 61.5 Å². The lowest BCUT2D eigenvalue weighted by molar-refractivity contribution is -0.00565. The van der Waals surface area contributed by atoms with E-state index in [0.717, 1.165) is 0 Å². The molecule has 0 aliphatic rings. The van der Waals surface area contributed by atoms with Gasteiger partial charge in [-0.05, 0) is 48.0 Å². The Labute approximate surface area is 116 Å². The molecule has 4 nitrogen and oxygen atoms in total. The number of ether oxygens (including phenoxy) is 2. The summed E-state index contributed by atoms with van der Waals surface area (Å²) in [6.45, 7) is 4.19. The monoisotopic (exact) mass is 315 g/mol. The van der Waals surface area contributed by atoms with E-state index in [0.29, 0.717) is 28.8 Å². The maximum atomic E-state index is 11.8. The fourth-order valence-electron chi connectivity index (χ4n) is 1.27. The van der Waals surface area contributed by atoms with Crippen LogP contribution in [-0.2, 0) is 9.47 Å². The molecule has 0 heterocycles. The van der Waals surface area contributed by atoms with Gasteiger partial charge in [0, 0.05) is 23.7 Å². The normalized spacial score (nSPS) is 11.3. The Morgan fingerprint density at radius 2 is 2.11 bits per heavy atom. The molecular formula is C13H18BrNO3. The van der Waals surface area contributed by atoms with Gasteiger partial charge in [0.25, 0.3) is 0 Å². The van der Waals surface area contributed by atoms with Gasteiger partial charge >= 0.3 is 5.97 Å². The van der Waals surface area contributed by atoms with Gasteiger partial charge in [-0.25, -0.2) is 4.79 Å². The zero-order valence-corrected chi connectivity index (χ0v) is 12.4. The van der Waals surface area contributed by atoms with Crippen LogP contribution in [0.4, 0.5) is 5.69 Å². The number of halogens is 1. The summed E-state index contributed by atoms with van der Waals surface area (Å²) in [5, 5.41) is 0. The largest absolute Gasteiger partial charge is 0.462 e. The van der Waals surface area contributed by atoms with Crippen LogP contribution in [0, 0.1) is 0 Å². The standard InChI is InChI=1S/C13H18BrNO3/c1-13(2,17-3)6-7-18-12(16)10-8-9(15)4-5-11(10)14/h4-5,8H,6-7,15H2,1-3H3. The number of methoxy groups -OCH3 is 1. The van der Waals surface area contributed by atoms with Crippen molar-refractivity contribution in [2.45, 2.75) is 25.9 Å². The molecule has 0 saturated carbocycles. The van der Waals surface area contributed by atoms with Crippen molar-refractivity contribution < 1.29 is 14.3 Å². The van der Waals surface area contributed by atoms with E-state index in [9.17, 15) is 4.79 Å². The number of anilines is 1. The molecule has 0 spiro atoms. The van der Waals surface area contributed by atoms with E-state index >= 15 is 0 Å². The summed E-state index contributed by atoms with van der Waals surface area (Å²) in [4.78, 5) is 11.8. The average Bonchev–Trinajstić information content (AvgIpc) is 2.32. The number of hydrogen-bond donors (Lipinski definition) is 1. The molecule has 0 amide bonds. The highest BCUT2D eigenvalue weighted by molar-refractivity contribution is 9.10. The molecule has 0 radical (unpaired) electrons. The Bertz CT molecular complexity index is 432. The quantitative estimate of drug-likeness (QED) is 0.670. The van der Waals surface area contributed by atoms with Gasteiger partial charge in [-0.3, -0.25) is 0 Å². The minimum absolute atomic E-state index is 0.298. The second kappa shape index (κ2) is 6.20. The molecule has 0 aliphatic heterocycles. The summed E-state index contributed by atoms with van der Waals surface area (Å²) in [6.07, 6.45) is 0.634. The molecule has 0 saturated heterocycles. The predicted molar refractivity (Wildman–Crippen MR) is 74.5 cm³/mol. The van der Waals surface area contributed by atoms with Crippen LogP contribution in [0.25, 0.3) is 0 Å². The number of esters is 1. The minimum Gasteiger partial charge on any atom is -0.462 e. The van der Waals surface area contributed by atoms with Crippen molar-refractivity contribution in [1.29, 1.82) is 0 Å². The first-order valence-corrected chi connectivity index (χ1v) is 6.42. The zero-order chi connectivity index (χ0) is 13.8. The molecule has 1 aromatic rings. The number of rotatable bonds is 5. The van der Waals surface area contributed by atoms with Crippen molar-refractivity contribution in [3.8, 4) is 0 Å². The van der Waals surface area contributed by atoms with Crippen molar-refractivity contribution in [1.82, 2.24) is 0 Å². The lowest BCUT2D eigenvalue weighted by Crippen LogP contribution is -2.25. The van der Waals surface area contributed by atoms with Gasteiger partial charge in [0.15, 0.2) is 0 Å². The average molecular weight is 316 g/mol. The van der Waals surface area contributed by atoms with E-state index in [1.54, 1.807) is 25.3 Å². The van der Waals surface area contributed by atoms with Crippen LogP contribution in [0.2, 0.25) is 0 Å². The van der Waals surface area contributed by atoms with Crippen molar-refractivity contribution in [2.24, 2.45) is 0 Å². The summed E-state index contributed by atoms with van der Waals surface area (Å²) in [5.41, 5.74) is 6.30. The first-order valence-electron chi connectivity index (χ1n) is 5.63. The number of nitrogens with two attached hydrogens (primary N) is 1. The van der Waals surface area contributed by atoms with Crippen molar-refractivity contribution >= 4 is 27.6 Å². The van der Waals surface area contributed by atoms with Crippen molar-refractivity contribution in [2.75, 3.05) is 19.5 Å². The number of carbonyl (C=O) groups is 1. The molecule has 2 N–H and O–H groups in total. The van der Waals surface area contributed by atoms with Crippen LogP contribution >= 0.6 is 15.9 Å². The van der Waals surface area contributed by atoms with Crippen LogP contribution in [-0.4, -0.2) is 25.3 Å². The van der Waals surface area contributed by atoms with E-state index in [-0.39, 0.29) is 11.6 Å². The lowest BCUT2D eigenvalue weighted by Gasteiger charge is -2.22. The second-order valence-corrected chi connectivity index (χ2v) is 5.44. The van der Waals surface area contributed by atoms with Crippen molar-refractivity contribution in [3.63, 3.8) is 0 Å². The zero-order valence-electron chi connectivity index (χ0n) is 10.8. The Kier molecular flexibility index (Phi) is 5.16. The summed E-state index contributed by atoms with van der Waals surface area (Å²) < 4.78 is 11.1. The second-order valence-electron chi connectivity index (χ2n) is 4.59. The van der Waals surface area contributed by atoms with Crippen LogP contribution in [0.5, 0.6) is 0 Å². The fourth-order valence-corrected chi connectivity index (χ4v) is 1.68. The molecule has 0 aliphatic carbocycles. The molecule has 0 unspecified atom stereocenters. The van der Waals surface area contributed by atoms with Crippen LogP contribution < -0.4 is 5.73 Å². The van der Waals surface area contributed by atoms with Crippen LogP contribution in [0.15, 0.2) is 22.7 Å². The Hall–Kier alpha value is -1.07. The third kappa shape index (κ3) is 4.31. The van der Waals surface area contributed by atoms with Crippen LogP contribution in [0.1, 0.15) is 30.6 Å². The number of benzene rings is 1. The van der Waals surface area contributed by atoms with Gasteiger partial charge < -0.3 is 15.2 Å². The molecule has 100 valence electrons. The Morgan fingerprint density at radius 1 is 1.44 bits per heavy atom. The predicted octanol–water partition coefficient (Wildman–Crippen LogP) is 3.00.